The van der Waals surface area contributed by atoms with E-state index >= 15 is 0 Å². The molecule has 4 amide bonds. The number of rotatable bonds is 12. The van der Waals surface area contributed by atoms with Gasteiger partial charge in [-0.2, -0.15) is 0 Å². The average Bonchev–Trinajstić information content (AvgIpc) is 2.89. The molecular weight excluding hydrogens is 508 g/mol. The molecule has 0 aliphatic carbocycles. The SMILES string of the molecule is Cc1cc(=O)oc2cc(NC(=O)[C@H](Cc3ccccc3)NC(=O)CNC(=O)CNC(=O)CCC(=O)O)ccc12. The predicted octanol–water partition coefficient (Wildman–Crippen LogP) is 0.865. The molecule has 3 rings (SSSR count). The van der Waals surface area contributed by atoms with Crippen molar-refractivity contribution in [2.75, 3.05) is 18.4 Å². The maximum absolute atomic E-state index is 13.2. The fraction of sp³-hybridized carbons (Fsp3) is 0.259. The molecule has 39 heavy (non-hydrogen) atoms. The summed E-state index contributed by atoms with van der Waals surface area (Å²) in [6.45, 7) is 0.884. The molecule has 0 fully saturated rings. The zero-order valence-electron chi connectivity index (χ0n) is 21.1. The topological polar surface area (TPSA) is 184 Å². The average molecular weight is 537 g/mol. The van der Waals surface area contributed by atoms with Crippen LogP contribution in [0, 0.1) is 6.92 Å². The van der Waals surface area contributed by atoms with Gasteiger partial charge in [0.1, 0.15) is 11.6 Å². The van der Waals surface area contributed by atoms with Crippen LogP contribution in [0.5, 0.6) is 0 Å². The van der Waals surface area contributed by atoms with Crippen molar-refractivity contribution in [2.45, 2.75) is 32.2 Å². The molecule has 0 saturated heterocycles. The van der Waals surface area contributed by atoms with Gasteiger partial charge < -0.3 is 30.8 Å². The summed E-state index contributed by atoms with van der Waals surface area (Å²) in [5, 5.41) is 19.2. The van der Waals surface area contributed by atoms with Crippen molar-refractivity contribution >= 4 is 46.3 Å². The molecule has 0 saturated carbocycles. The number of carboxylic acid groups (broad SMARTS) is 1. The number of hydrogen-bond acceptors (Lipinski definition) is 7. The van der Waals surface area contributed by atoms with Gasteiger partial charge in [0.05, 0.1) is 19.5 Å². The molecule has 2 aromatic carbocycles. The highest BCUT2D eigenvalue weighted by Gasteiger charge is 2.22. The highest BCUT2D eigenvalue weighted by Crippen LogP contribution is 2.21. The minimum absolute atomic E-state index is 0.160. The summed E-state index contributed by atoms with van der Waals surface area (Å²) >= 11 is 0. The summed E-state index contributed by atoms with van der Waals surface area (Å²) < 4.78 is 5.23. The van der Waals surface area contributed by atoms with Crippen LogP contribution in [0.1, 0.15) is 24.0 Å². The second kappa shape index (κ2) is 13.5. The summed E-state index contributed by atoms with van der Waals surface area (Å²) in [5.41, 5.74) is 1.67. The maximum Gasteiger partial charge on any atom is 0.336 e. The monoisotopic (exact) mass is 536 g/mol. The maximum atomic E-state index is 13.2. The minimum atomic E-state index is -1.14. The van der Waals surface area contributed by atoms with E-state index in [2.05, 4.69) is 21.3 Å². The Morgan fingerprint density at radius 2 is 1.56 bits per heavy atom. The number of carbonyl (C=O) groups excluding carboxylic acids is 4. The zero-order valence-corrected chi connectivity index (χ0v) is 21.1. The molecular formula is C27H28N4O8. The van der Waals surface area contributed by atoms with Crippen LogP contribution in [0.15, 0.2) is 63.8 Å². The Kier molecular flexibility index (Phi) is 9.90. The number of hydrogen-bond donors (Lipinski definition) is 5. The van der Waals surface area contributed by atoms with Crippen LogP contribution < -0.4 is 26.9 Å². The van der Waals surface area contributed by atoms with E-state index < -0.39 is 54.4 Å². The molecule has 1 atom stereocenters. The number of aryl methyl sites for hydroxylation is 1. The summed E-state index contributed by atoms with van der Waals surface area (Å²) in [6, 6.07) is 14.3. The first-order valence-electron chi connectivity index (χ1n) is 12.0. The van der Waals surface area contributed by atoms with Crippen molar-refractivity contribution in [3.05, 3.63) is 76.1 Å². The molecule has 204 valence electrons. The Morgan fingerprint density at radius 1 is 0.872 bits per heavy atom. The smallest absolute Gasteiger partial charge is 0.336 e. The van der Waals surface area contributed by atoms with Crippen molar-refractivity contribution in [2.24, 2.45) is 0 Å². The highest BCUT2D eigenvalue weighted by molar-refractivity contribution is 5.99. The Balaban J connectivity index is 1.62. The number of benzene rings is 2. The Hall–Kier alpha value is -5.00. The van der Waals surface area contributed by atoms with Crippen LogP contribution in [0.25, 0.3) is 11.0 Å². The van der Waals surface area contributed by atoms with Crippen LogP contribution >= 0.6 is 0 Å². The van der Waals surface area contributed by atoms with E-state index in [0.717, 1.165) is 16.5 Å². The summed E-state index contributed by atoms with van der Waals surface area (Å²) in [6.07, 6.45) is -0.482. The third kappa shape index (κ3) is 9.11. The van der Waals surface area contributed by atoms with Crippen LogP contribution in [-0.2, 0) is 30.4 Å². The van der Waals surface area contributed by atoms with Gasteiger partial charge in [0.25, 0.3) is 0 Å². The lowest BCUT2D eigenvalue weighted by Crippen LogP contribution is -2.49. The highest BCUT2D eigenvalue weighted by atomic mass is 16.4. The Morgan fingerprint density at radius 3 is 2.28 bits per heavy atom. The van der Waals surface area contributed by atoms with E-state index in [9.17, 15) is 28.8 Å². The molecule has 1 aromatic heterocycles. The number of aliphatic carboxylic acids is 1. The molecule has 5 N–H and O–H groups in total. The zero-order chi connectivity index (χ0) is 28.4. The number of carbonyl (C=O) groups is 5. The van der Waals surface area contributed by atoms with Gasteiger partial charge in [-0.3, -0.25) is 24.0 Å². The fourth-order valence-electron chi connectivity index (χ4n) is 3.67. The number of amides is 4. The van der Waals surface area contributed by atoms with Crippen molar-refractivity contribution in [1.82, 2.24) is 16.0 Å². The van der Waals surface area contributed by atoms with E-state index in [1.807, 2.05) is 6.07 Å². The van der Waals surface area contributed by atoms with Crippen LogP contribution in [0.4, 0.5) is 5.69 Å². The third-order valence-corrected chi connectivity index (χ3v) is 5.61. The van der Waals surface area contributed by atoms with E-state index in [4.69, 9.17) is 9.52 Å². The van der Waals surface area contributed by atoms with Crippen LogP contribution in [-0.4, -0.2) is 53.8 Å². The van der Waals surface area contributed by atoms with Gasteiger partial charge in [0, 0.05) is 36.0 Å². The first kappa shape index (κ1) is 28.6. The largest absolute Gasteiger partial charge is 0.481 e. The van der Waals surface area contributed by atoms with Gasteiger partial charge in [-0.15, -0.1) is 0 Å². The molecule has 3 aromatic rings. The lowest BCUT2D eigenvalue weighted by Gasteiger charge is -2.19. The fourth-order valence-corrected chi connectivity index (χ4v) is 3.67. The van der Waals surface area contributed by atoms with E-state index in [0.29, 0.717) is 11.3 Å². The number of carboxylic acids is 1. The van der Waals surface area contributed by atoms with Crippen LogP contribution in [0.3, 0.4) is 0 Å². The number of fused-ring (bicyclic) bond motifs is 1. The van der Waals surface area contributed by atoms with Gasteiger partial charge in [0.2, 0.25) is 23.6 Å². The first-order chi connectivity index (χ1) is 18.6. The third-order valence-electron chi connectivity index (χ3n) is 5.61. The lowest BCUT2D eigenvalue weighted by atomic mass is 10.0. The molecule has 0 aliphatic heterocycles. The molecule has 0 radical (unpaired) electrons. The summed E-state index contributed by atoms with van der Waals surface area (Å²) in [4.78, 5) is 71.5. The quantitative estimate of drug-likeness (QED) is 0.211. The first-order valence-corrected chi connectivity index (χ1v) is 12.0. The van der Waals surface area contributed by atoms with Gasteiger partial charge in [-0.05, 0) is 30.2 Å². The van der Waals surface area contributed by atoms with E-state index in [-0.39, 0.29) is 19.3 Å². The predicted molar refractivity (Wildman–Crippen MR) is 141 cm³/mol. The van der Waals surface area contributed by atoms with Gasteiger partial charge in [-0.25, -0.2) is 4.79 Å². The van der Waals surface area contributed by atoms with Gasteiger partial charge in [-0.1, -0.05) is 30.3 Å². The molecule has 0 bridgehead atoms. The molecule has 12 nitrogen and oxygen atoms in total. The summed E-state index contributed by atoms with van der Waals surface area (Å²) in [7, 11) is 0. The molecule has 1 heterocycles. The second-order valence-corrected chi connectivity index (χ2v) is 8.71. The van der Waals surface area contributed by atoms with E-state index in [1.54, 1.807) is 43.3 Å². The van der Waals surface area contributed by atoms with Gasteiger partial charge in [0.15, 0.2) is 0 Å². The normalized spacial score (nSPS) is 11.3. The molecule has 0 unspecified atom stereocenters. The Bertz CT molecular complexity index is 1430. The molecule has 0 aliphatic rings. The van der Waals surface area contributed by atoms with Crippen molar-refractivity contribution in [3.63, 3.8) is 0 Å². The van der Waals surface area contributed by atoms with Gasteiger partial charge >= 0.3 is 11.6 Å². The number of anilines is 1. The number of nitrogens with one attached hydrogen (secondary N) is 4. The van der Waals surface area contributed by atoms with Crippen LogP contribution in [0.2, 0.25) is 0 Å². The Labute approximate surface area is 222 Å². The lowest BCUT2D eigenvalue weighted by molar-refractivity contribution is -0.138. The minimum Gasteiger partial charge on any atom is -0.481 e. The van der Waals surface area contributed by atoms with Crippen molar-refractivity contribution in [1.29, 1.82) is 0 Å². The van der Waals surface area contributed by atoms with Crippen molar-refractivity contribution < 1.29 is 33.5 Å². The standard InChI is InChI=1S/C27H28N4O8/c1-16-11-26(37)39-21-13-18(7-8-19(16)21)30-27(38)20(12-17-5-3-2-4-6-17)31-24(34)15-29-23(33)14-28-22(32)9-10-25(35)36/h2-8,11,13,20H,9-10,12,14-15H2,1H3,(H,28,32)(H,29,33)(H,30,38)(H,31,34)(H,35,36)/t20-/m0/s1. The molecule has 0 spiro atoms. The van der Waals surface area contributed by atoms with E-state index in [1.165, 1.54) is 12.1 Å². The summed E-state index contributed by atoms with van der Waals surface area (Å²) in [5.74, 6) is -3.58. The van der Waals surface area contributed by atoms with Crippen molar-refractivity contribution in [3.8, 4) is 0 Å². The molecule has 12 heteroatoms. The second-order valence-electron chi connectivity index (χ2n) is 8.71.